The van der Waals surface area contributed by atoms with Crippen molar-refractivity contribution in [3.05, 3.63) is 0 Å². The Kier molecular flexibility index (Phi) is 4.22. The van der Waals surface area contributed by atoms with Gasteiger partial charge in [0.1, 0.15) is 0 Å². The highest BCUT2D eigenvalue weighted by Gasteiger charge is 2.30. The fourth-order valence-electron chi connectivity index (χ4n) is 2.88. The molecule has 0 N–H and O–H groups in total. The van der Waals surface area contributed by atoms with Gasteiger partial charge in [-0.25, -0.2) is 0 Å². The van der Waals surface area contributed by atoms with E-state index < -0.39 is 0 Å². The Morgan fingerprint density at radius 2 is 2.12 bits per heavy atom. The van der Waals surface area contributed by atoms with Crippen molar-refractivity contribution in [2.45, 2.75) is 26.3 Å². The highest BCUT2D eigenvalue weighted by atomic mass is 16.5. The van der Waals surface area contributed by atoms with E-state index in [2.05, 4.69) is 30.7 Å². The SMILES string of the molecule is CC(C)CN1CC(CN(C)C2CCOC2)C1. The first-order chi connectivity index (χ1) is 7.65. The Bertz CT molecular complexity index is 208. The van der Waals surface area contributed by atoms with Gasteiger partial charge in [0.05, 0.1) is 6.61 Å². The molecule has 0 aromatic heterocycles. The van der Waals surface area contributed by atoms with E-state index in [1.54, 1.807) is 0 Å². The average Bonchev–Trinajstić information content (AvgIpc) is 2.66. The number of nitrogens with zero attached hydrogens (tertiary/aromatic N) is 2. The Balaban J connectivity index is 1.61. The summed E-state index contributed by atoms with van der Waals surface area (Å²) in [5, 5.41) is 0. The van der Waals surface area contributed by atoms with Crippen molar-refractivity contribution in [2.75, 3.05) is 46.4 Å². The number of hydrogen-bond donors (Lipinski definition) is 0. The summed E-state index contributed by atoms with van der Waals surface area (Å²) in [5.41, 5.74) is 0. The third-order valence-electron chi connectivity index (χ3n) is 3.73. The Morgan fingerprint density at radius 3 is 2.69 bits per heavy atom. The molecule has 2 saturated heterocycles. The van der Waals surface area contributed by atoms with Crippen molar-refractivity contribution in [2.24, 2.45) is 11.8 Å². The fourth-order valence-corrected chi connectivity index (χ4v) is 2.88. The minimum atomic E-state index is 0.680. The molecule has 1 atom stereocenters. The summed E-state index contributed by atoms with van der Waals surface area (Å²) in [6.45, 7) is 11.6. The van der Waals surface area contributed by atoms with Crippen molar-refractivity contribution in [1.29, 1.82) is 0 Å². The topological polar surface area (TPSA) is 15.7 Å². The number of likely N-dealkylation sites (N-methyl/N-ethyl adjacent to an activating group) is 1. The highest BCUT2D eigenvalue weighted by molar-refractivity contribution is 4.84. The maximum absolute atomic E-state index is 5.43. The van der Waals surface area contributed by atoms with E-state index in [0.717, 1.165) is 25.0 Å². The van der Waals surface area contributed by atoms with Crippen LogP contribution in [0.2, 0.25) is 0 Å². The lowest BCUT2D eigenvalue weighted by Crippen LogP contribution is -2.53. The van der Waals surface area contributed by atoms with Crippen molar-refractivity contribution in [3.63, 3.8) is 0 Å². The molecule has 2 fully saturated rings. The predicted molar refractivity (Wildman–Crippen MR) is 66.6 cm³/mol. The van der Waals surface area contributed by atoms with E-state index in [1.165, 1.54) is 32.6 Å². The van der Waals surface area contributed by atoms with Gasteiger partial charge in [-0.05, 0) is 25.3 Å². The van der Waals surface area contributed by atoms with Crippen LogP contribution < -0.4 is 0 Å². The van der Waals surface area contributed by atoms with Crippen LogP contribution in [0.1, 0.15) is 20.3 Å². The van der Waals surface area contributed by atoms with Crippen molar-refractivity contribution in [1.82, 2.24) is 9.80 Å². The maximum atomic E-state index is 5.43. The number of hydrogen-bond acceptors (Lipinski definition) is 3. The molecule has 0 bridgehead atoms. The zero-order valence-corrected chi connectivity index (χ0v) is 11.0. The smallest absolute Gasteiger partial charge is 0.0622 e. The summed E-state index contributed by atoms with van der Waals surface area (Å²) in [6.07, 6.45) is 1.22. The summed E-state index contributed by atoms with van der Waals surface area (Å²) in [5.74, 6) is 1.70. The van der Waals surface area contributed by atoms with Gasteiger partial charge in [-0.15, -0.1) is 0 Å². The lowest BCUT2D eigenvalue weighted by Gasteiger charge is -2.42. The van der Waals surface area contributed by atoms with Gasteiger partial charge < -0.3 is 14.5 Å². The van der Waals surface area contributed by atoms with Gasteiger partial charge in [0.15, 0.2) is 0 Å². The molecule has 2 aliphatic rings. The third kappa shape index (κ3) is 3.19. The first-order valence-corrected chi connectivity index (χ1v) is 6.65. The van der Waals surface area contributed by atoms with Crippen LogP contribution >= 0.6 is 0 Å². The van der Waals surface area contributed by atoms with E-state index in [0.29, 0.717) is 6.04 Å². The standard InChI is InChI=1S/C13H26N2O/c1-11(2)6-15-8-12(9-15)7-14(3)13-4-5-16-10-13/h11-13H,4-10H2,1-3H3. The zero-order valence-electron chi connectivity index (χ0n) is 11.0. The summed E-state index contributed by atoms with van der Waals surface area (Å²) in [6, 6.07) is 0.680. The van der Waals surface area contributed by atoms with E-state index >= 15 is 0 Å². The number of ether oxygens (including phenoxy) is 1. The zero-order chi connectivity index (χ0) is 11.5. The summed E-state index contributed by atoms with van der Waals surface area (Å²) < 4.78 is 5.43. The van der Waals surface area contributed by atoms with Gasteiger partial charge in [-0.1, -0.05) is 13.8 Å². The molecule has 16 heavy (non-hydrogen) atoms. The monoisotopic (exact) mass is 226 g/mol. The molecule has 0 saturated carbocycles. The summed E-state index contributed by atoms with van der Waals surface area (Å²) in [7, 11) is 2.25. The van der Waals surface area contributed by atoms with Crippen LogP contribution in [0.4, 0.5) is 0 Å². The average molecular weight is 226 g/mol. The predicted octanol–water partition coefficient (Wildman–Crippen LogP) is 1.29. The van der Waals surface area contributed by atoms with Gasteiger partial charge >= 0.3 is 0 Å². The number of rotatable bonds is 5. The molecule has 0 radical (unpaired) electrons. The molecule has 3 nitrogen and oxygen atoms in total. The fraction of sp³-hybridized carbons (Fsp3) is 1.00. The van der Waals surface area contributed by atoms with Crippen LogP contribution in [0.3, 0.4) is 0 Å². The van der Waals surface area contributed by atoms with Crippen LogP contribution in [-0.2, 0) is 4.74 Å². The summed E-state index contributed by atoms with van der Waals surface area (Å²) >= 11 is 0. The van der Waals surface area contributed by atoms with Crippen molar-refractivity contribution < 1.29 is 4.74 Å². The van der Waals surface area contributed by atoms with Gasteiger partial charge in [-0.2, -0.15) is 0 Å². The maximum Gasteiger partial charge on any atom is 0.0622 e. The molecule has 0 aliphatic carbocycles. The quantitative estimate of drug-likeness (QED) is 0.703. The molecule has 2 aliphatic heterocycles. The highest BCUT2D eigenvalue weighted by Crippen LogP contribution is 2.20. The lowest BCUT2D eigenvalue weighted by atomic mass is 9.97. The van der Waals surface area contributed by atoms with E-state index in [1.807, 2.05) is 0 Å². The van der Waals surface area contributed by atoms with Crippen LogP contribution in [0.5, 0.6) is 0 Å². The molecule has 1 unspecified atom stereocenters. The third-order valence-corrected chi connectivity index (χ3v) is 3.73. The molecule has 0 aromatic rings. The molecule has 94 valence electrons. The first kappa shape index (κ1) is 12.3. The minimum Gasteiger partial charge on any atom is -0.380 e. The van der Waals surface area contributed by atoms with Crippen molar-refractivity contribution >= 4 is 0 Å². The molecule has 3 heteroatoms. The largest absolute Gasteiger partial charge is 0.380 e. The van der Waals surface area contributed by atoms with E-state index in [-0.39, 0.29) is 0 Å². The molecular formula is C13H26N2O. The molecule has 2 rings (SSSR count). The Hall–Kier alpha value is -0.120. The van der Waals surface area contributed by atoms with Crippen molar-refractivity contribution in [3.8, 4) is 0 Å². The second kappa shape index (κ2) is 5.48. The molecular weight excluding hydrogens is 200 g/mol. The molecule has 0 spiro atoms. The lowest BCUT2D eigenvalue weighted by molar-refractivity contribution is 0.0513. The van der Waals surface area contributed by atoms with Crippen LogP contribution in [-0.4, -0.2) is 62.3 Å². The molecule has 2 heterocycles. The first-order valence-electron chi connectivity index (χ1n) is 6.65. The van der Waals surface area contributed by atoms with Gasteiger partial charge in [0.2, 0.25) is 0 Å². The van der Waals surface area contributed by atoms with Crippen LogP contribution in [0.25, 0.3) is 0 Å². The summed E-state index contributed by atoms with van der Waals surface area (Å²) in [4.78, 5) is 5.08. The normalized spacial score (nSPS) is 27.9. The Morgan fingerprint density at radius 1 is 1.38 bits per heavy atom. The second-order valence-corrected chi connectivity index (χ2v) is 5.94. The van der Waals surface area contributed by atoms with Gasteiger partial charge in [0, 0.05) is 38.8 Å². The molecule has 0 aromatic carbocycles. The van der Waals surface area contributed by atoms with E-state index in [9.17, 15) is 0 Å². The second-order valence-electron chi connectivity index (χ2n) is 5.94. The minimum absolute atomic E-state index is 0.680. The number of likely N-dealkylation sites (tertiary alicyclic amines) is 1. The van der Waals surface area contributed by atoms with Crippen LogP contribution in [0, 0.1) is 11.8 Å². The molecule has 0 amide bonds. The van der Waals surface area contributed by atoms with Crippen LogP contribution in [0.15, 0.2) is 0 Å². The van der Waals surface area contributed by atoms with Gasteiger partial charge in [0.25, 0.3) is 0 Å². The Labute approximate surface area is 99.7 Å². The van der Waals surface area contributed by atoms with E-state index in [4.69, 9.17) is 4.74 Å². The van der Waals surface area contributed by atoms with Gasteiger partial charge in [-0.3, -0.25) is 0 Å².